The van der Waals surface area contributed by atoms with Crippen LogP contribution in [0.4, 0.5) is 5.69 Å². The Morgan fingerprint density at radius 2 is 1.82 bits per heavy atom. The fraction of sp³-hybridized carbons (Fsp3) is 0. The maximum Gasteiger partial charge on any atom is 0.349 e. The van der Waals surface area contributed by atoms with Crippen LogP contribution in [0.3, 0.4) is 0 Å². The molecule has 3 rings (SSSR count). The zero-order valence-electron chi connectivity index (χ0n) is 11.2. The normalized spacial score (nSPS) is 10.5. The number of fused-ring (bicyclic) bond motifs is 1. The Kier molecular flexibility index (Phi) is 3.27. The van der Waals surface area contributed by atoms with E-state index in [4.69, 9.17) is 4.42 Å². The van der Waals surface area contributed by atoms with Gasteiger partial charge in [-0.3, -0.25) is 4.79 Å². The topological polar surface area (TPSA) is 99.8 Å². The number of phenols is 2. The Labute approximate surface area is 124 Å². The molecule has 0 saturated carbocycles. The first-order valence-electron chi connectivity index (χ1n) is 6.41. The van der Waals surface area contributed by atoms with Crippen molar-refractivity contribution in [1.29, 1.82) is 0 Å². The van der Waals surface area contributed by atoms with E-state index >= 15 is 0 Å². The minimum absolute atomic E-state index is 0.0398. The molecule has 0 unspecified atom stereocenters. The van der Waals surface area contributed by atoms with Crippen molar-refractivity contribution in [2.75, 3.05) is 5.32 Å². The van der Waals surface area contributed by atoms with Crippen LogP contribution in [0.1, 0.15) is 10.4 Å². The van der Waals surface area contributed by atoms with Gasteiger partial charge in [-0.25, -0.2) is 4.79 Å². The highest BCUT2D eigenvalue weighted by Gasteiger charge is 2.15. The molecule has 0 aliphatic heterocycles. The Morgan fingerprint density at radius 1 is 1.05 bits per heavy atom. The Hall–Kier alpha value is -3.28. The second kappa shape index (κ2) is 5.25. The number of para-hydroxylation sites is 2. The molecule has 110 valence electrons. The van der Waals surface area contributed by atoms with Crippen LogP contribution in [0.15, 0.2) is 57.7 Å². The van der Waals surface area contributed by atoms with Crippen molar-refractivity contribution < 1.29 is 19.4 Å². The molecule has 1 heterocycles. The molecule has 0 atom stereocenters. The monoisotopic (exact) mass is 297 g/mol. The van der Waals surface area contributed by atoms with E-state index in [0.717, 1.165) is 0 Å². The third-order valence-corrected chi connectivity index (χ3v) is 3.12. The lowest BCUT2D eigenvalue weighted by molar-refractivity contribution is 0.102. The summed E-state index contributed by atoms with van der Waals surface area (Å²) >= 11 is 0. The molecule has 6 nitrogen and oxygen atoms in total. The molecule has 0 aliphatic rings. The quantitative estimate of drug-likeness (QED) is 0.498. The Balaban J connectivity index is 2.01. The molecule has 0 radical (unpaired) electrons. The van der Waals surface area contributed by atoms with Gasteiger partial charge >= 0.3 is 5.63 Å². The van der Waals surface area contributed by atoms with Gasteiger partial charge in [-0.15, -0.1) is 0 Å². The number of hydrogen-bond donors (Lipinski definition) is 3. The first kappa shape index (κ1) is 13.7. The minimum Gasteiger partial charge on any atom is -0.508 e. The van der Waals surface area contributed by atoms with Gasteiger partial charge in [0.1, 0.15) is 22.6 Å². The maximum absolute atomic E-state index is 12.2. The number of carbonyl (C=O) groups excluding carboxylic acids is 1. The molecular weight excluding hydrogens is 286 g/mol. The zero-order chi connectivity index (χ0) is 15.7. The lowest BCUT2D eigenvalue weighted by Gasteiger charge is -2.06. The lowest BCUT2D eigenvalue weighted by atomic mass is 10.1. The van der Waals surface area contributed by atoms with Crippen LogP contribution in [-0.2, 0) is 0 Å². The molecule has 0 aliphatic carbocycles. The van der Waals surface area contributed by atoms with Gasteiger partial charge in [0.05, 0.1) is 5.69 Å². The van der Waals surface area contributed by atoms with E-state index in [9.17, 15) is 19.8 Å². The van der Waals surface area contributed by atoms with Crippen LogP contribution in [-0.4, -0.2) is 16.1 Å². The average Bonchev–Trinajstić information content (AvgIpc) is 2.48. The third-order valence-electron chi connectivity index (χ3n) is 3.12. The number of benzene rings is 2. The van der Waals surface area contributed by atoms with E-state index in [1.54, 1.807) is 12.1 Å². The number of aromatic hydroxyl groups is 2. The van der Waals surface area contributed by atoms with Gasteiger partial charge in [0.2, 0.25) is 0 Å². The molecule has 3 aromatic rings. The number of anilines is 1. The molecular formula is C16H11NO5. The van der Waals surface area contributed by atoms with Gasteiger partial charge in [-0.05, 0) is 30.3 Å². The fourth-order valence-corrected chi connectivity index (χ4v) is 2.03. The summed E-state index contributed by atoms with van der Waals surface area (Å²) in [5.74, 6) is -0.835. The first-order chi connectivity index (χ1) is 10.5. The summed E-state index contributed by atoms with van der Waals surface area (Å²) < 4.78 is 5.02. The summed E-state index contributed by atoms with van der Waals surface area (Å²) in [6.07, 6.45) is 0. The second-order valence-electron chi connectivity index (χ2n) is 4.64. The summed E-state index contributed by atoms with van der Waals surface area (Å²) in [5, 5.41) is 21.9. The van der Waals surface area contributed by atoms with E-state index in [0.29, 0.717) is 5.39 Å². The van der Waals surface area contributed by atoms with Crippen LogP contribution in [0.5, 0.6) is 11.5 Å². The third kappa shape index (κ3) is 2.49. The van der Waals surface area contributed by atoms with Gasteiger partial charge in [0, 0.05) is 11.5 Å². The SMILES string of the molecule is O=C(Nc1ccccc1O)c1cc2ccc(O)cc2oc1=O. The van der Waals surface area contributed by atoms with Crippen molar-refractivity contribution in [2.24, 2.45) is 0 Å². The number of carbonyl (C=O) groups is 1. The van der Waals surface area contributed by atoms with Crippen LogP contribution < -0.4 is 10.9 Å². The lowest BCUT2D eigenvalue weighted by Crippen LogP contribution is -2.20. The van der Waals surface area contributed by atoms with E-state index in [1.807, 2.05) is 0 Å². The van der Waals surface area contributed by atoms with Crippen molar-refractivity contribution in [3.63, 3.8) is 0 Å². The fourth-order valence-electron chi connectivity index (χ4n) is 2.03. The molecule has 0 saturated heterocycles. The van der Waals surface area contributed by atoms with Gasteiger partial charge in [0.25, 0.3) is 5.91 Å². The number of nitrogens with one attached hydrogen (secondary N) is 1. The van der Waals surface area contributed by atoms with Gasteiger partial charge in [-0.2, -0.15) is 0 Å². The van der Waals surface area contributed by atoms with E-state index in [1.165, 1.54) is 36.4 Å². The van der Waals surface area contributed by atoms with Crippen molar-refractivity contribution >= 4 is 22.6 Å². The summed E-state index contributed by atoms with van der Waals surface area (Å²) in [5.41, 5.74) is -0.644. The van der Waals surface area contributed by atoms with Gasteiger partial charge < -0.3 is 19.9 Å². The predicted octanol–water partition coefficient (Wildman–Crippen LogP) is 2.46. The van der Waals surface area contributed by atoms with Crippen LogP contribution in [0.2, 0.25) is 0 Å². The predicted molar refractivity (Wildman–Crippen MR) is 80.2 cm³/mol. The Morgan fingerprint density at radius 3 is 2.59 bits per heavy atom. The second-order valence-corrected chi connectivity index (χ2v) is 4.64. The highest BCUT2D eigenvalue weighted by molar-refractivity contribution is 6.06. The van der Waals surface area contributed by atoms with Crippen LogP contribution >= 0.6 is 0 Å². The van der Waals surface area contributed by atoms with Crippen molar-refractivity contribution in [2.45, 2.75) is 0 Å². The average molecular weight is 297 g/mol. The smallest absolute Gasteiger partial charge is 0.349 e. The van der Waals surface area contributed by atoms with E-state index in [2.05, 4.69) is 5.32 Å². The van der Waals surface area contributed by atoms with Crippen molar-refractivity contribution in [3.05, 3.63) is 64.5 Å². The highest BCUT2D eigenvalue weighted by Crippen LogP contribution is 2.23. The standard InChI is InChI=1S/C16H11NO5/c18-10-6-5-9-7-11(16(21)22-14(9)8-10)15(20)17-12-3-1-2-4-13(12)19/h1-8,18-19H,(H,17,20). The molecule has 6 heteroatoms. The van der Waals surface area contributed by atoms with Gasteiger partial charge in [0.15, 0.2) is 0 Å². The van der Waals surface area contributed by atoms with Crippen molar-refractivity contribution in [3.8, 4) is 11.5 Å². The largest absolute Gasteiger partial charge is 0.508 e. The first-order valence-corrected chi connectivity index (χ1v) is 6.41. The number of rotatable bonds is 2. The zero-order valence-corrected chi connectivity index (χ0v) is 11.2. The molecule has 0 spiro atoms. The number of amides is 1. The van der Waals surface area contributed by atoms with E-state index in [-0.39, 0.29) is 28.3 Å². The molecule has 0 bridgehead atoms. The molecule has 1 amide bonds. The summed E-state index contributed by atoms with van der Waals surface area (Å²) in [7, 11) is 0. The number of phenolic OH excluding ortho intramolecular Hbond substituents is 2. The highest BCUT2D eigenvalue weighted by atomic mass is 16.4. The number of hydrogen-bond acceptors (Lipinski definition) is 5. The van der Waals surface area contributed by atoms with Crippen LogP contribution in [0, 0.1) is 0 Å². The van der Waals surface area contributed by atoms with Crippen LogP contribution in [0.25, 0.3) is 11.0 Å². The van der Waals surface area contributed by atoms with Gasteiger partial charge in [-0.1, -0.05) is 12.1 Å². The molecule has 2 aromatic carbocycles. The molecule has 22 heavy (non-hydrogen) atoms. The molecule has 0 fully saturated rings. The minimum atomic E-state index is -0.828. The molecule has 1 aromatic heterocycles. The summed E-state index contributed by atoms with van der Waals surface area (Å²) in [6.45, 7) is 0. The Bertz CT molecular complexity index is 929. The van der Waals surface area contributed by atoms with Crippen molar-refractivity contribution in [1.82, 2.24) is 0 Å². The molecule has 3 N–H and O–H groups in total. The maximum atomic E-state index is 12.2. The summed E-state index contributed by atoms with van der Waals surface area (Å²) in [4.78, 5) is 24.1. The summed E-state index contributed by atoms with van der Waals surface area (Å²) in [6, 6.07) is 11.8. The van der Waals surface area contributed by atoms with E-state index < -0.39 is 11.5 Å².